The highest BCUT2D eigenvalue weighted by molar-refractivity contribution is 5.09. The number of pyridine rings is 1. The van der Waals surface area contributed by atoms with E-state index >= 15 is 0 Å². The SMILES string of the molecule is OCC1(CNCCc2ccncc2)CC1. The molecule has 1 aliphatic rings. The zero-order chi connectivity index (χ0) is 10.6. The van der Waals surface area contributed by atoms with Gasteiger partial charge in [0.05, 0.1) is 0 Å². The van der Waals surface area contributed by atoms with Crippen molar-refractivity contribution >= 4 is 0 Å². The van der Waals surface area contributed by atoms with Crippen LogP contribution >= 0.6 is 0 Å². The summed E-state index contributed by atoms with van der Waals surface area (Å²) in [4.78, 5) is 3.98. The van der Waals surface area contributed by atoms with E-state index in [0.717, 1.165) is 19.5 Å². The Morgan fingerprint density at radius 1 is 1.33 bits per heavy atom. The topological polar surface area (TPSA) is 45.1 Å². The molecule has 0 unspecified atom stereocenters. The zero-order valence-electron chi connectivity index (χ0n) is 8.95. The molecule has 0 bridgehead atoms. The number of hydrogen-bond donors (Lipinski definition) is 2. The van der Waals surface area contributed by atoms with E-state index in [9.17, 15) is 0 Å². The van der Waals surface area contributed by atoms with Crippen molar-refractivity contribution in [1.82, 2.24) is 10.3 Å². The quantitative estimate of drug-likeness (QED) is 0.682. The number of nitrogens with zero attached hydrogens (tertiary/aromatic N) is 1. The van der Waals surface area contributed by atoms with Crippen LogP contribution in [-0.4, -0.2) is 29.8 Å². The average molecular weight is 206 g/mol. The van der Waals surface area contributed by atoms with E-state index in [0.29, 0.717) is 6.61 Å². The Hall–Kier alpha value is -0.930. The van der Waals surface area contributed by atoms with Gasteiger partial charge in [-0.2, -0.15) is 0 Å². The Kier molecular flexibility index (Phi) is 3.34. The van der Waals surface area contributed by atoms with Crippen molar-refractivity contribution in [2.75, 3.05) is 19.7 Å². The number of nitrogens with one attached hydrogen (secondary N) is 1. The molecule has 15 heavy (non-hydrogen) atoms. The molecule has 1 heterocycles. The van der Waals surface area contributed by atoms with Gasteiger partial charge >= 0.3 is 0 Å². The van der Waals surface area contributed by atoms with E-state index in [4.69, 9.17) is 5.11 Å². The van der Waals surface area contributed by atoms with Crippen molar-refractivity contribution in [2.24, 2.45) is 5.41 Å². The van der Waals surface area contributed by atoms with Gasteiger partial charge in [0.2, 0.25) is 0 Å². The van der Waals surface area contributed by atoms with Crippen LogP contribution in [-0.2, 0) is 6.42 Å². The van der Waals surface area contributed by atoms with Crippen LogP contribution in [0, 0.1) is 5.41 Å². The molecule has 0 aliphatic heterocycles. The molecule has 1 fully saturated rings. The van der Waals surface area contributed by atoms with Gasteiger partial charge in [-0.05, 0) is 43.5 Å². The molecule has 0 aromatic carbocycles. The fourth-order valence-corrected chi connectivity index (χ4v) is 1.70. The molecule has 1 aromatic rings. The highest BCUT2D eigenvalue weighted by Gasteiger charge is 2.41. The van der Waals surface area contributed by atoms with Crippen molar-refractivity contribution in [3.8, 4) is 0 Å². The Morgan fingerprint density at radius 2 is 2.07 bits per heavy atom. The minimum atomic E-state index is 0.220. The molecule has 0 atom stereocenters. The number of aromatic nitrogens is 1. The average Bonchev–Trinajstić information content (AvgIpc) is 3.07. The molecule has 3 heteroatoms. The van der Waals surface area contributed by atoms with Crippen LogP contribution in [0.25, 0.3) is 0 Å². The normalized spacial score (nSPS) is 17.7. The fraction of sp³-hybridized carbons (Fsp3) is 0.583. The highest BCUT2D eigenvalue weighted by Crippen LogP contribution is 2.44. The van der Waals surface area contributed by atoms with Crippen LogP contribution in [0.3, 0.4) is 0 Å². The molecule has 1 saturated carbocycles. The first-order valence-electron chi connectivity index (χ1n) is 5.55. The van der Waals surface area contributed by atoms with E-state index in [1.807, 2.05) is 24.5 Å². The molecule has 0 saturated heterocycles. The van der Waals surface area contributed by atoms with Crippen LogP contribution in [0.2, 0.25) is 0 Å². The maximum Gasteiger partial charge on any atom is 0.0499 e. The first-order chi connectivity index (χ1) is 7.35. The summed E-state index contributed by atoms with van der Waals surface area (Å²) in [6.07, 6.45) is 7.03. The first kappa shape index (κ1) is 10.6. The van der Waals surface area contributed by atoms with E-state index in [1.54, 1.807) is 0 Å². The van der Waals surface area contributed by atoms with Crippen molar-refractivity contribution in [3.63, 3.8) is 0 Å². The van der Waals surface area contributed by atoms with E-state index in [2.05, 4.69) is 10.3 Å². The second-order valence-corrected chi connectivity index (χ2v) is 4.44. The van der Waals surface area contributed by atoms with Gasteiger partial charge in [0, 0.05) is 31.0 Å². The standard InChI is InChI=1S/C12H18N2O/c15-10-12(4-5-12)9-14-8-3-11-1-6-13-7-2-11/h1-2,6-7,14-15H,3-5,8-10H2. The zero-order valence-corrected chi connectivity index (χ0v) is 8.95. The molecular formula is C12H18N2O. The minimum absolute atomic E-state index is 0.220. The van der Waals surface area contributed by atoms with Crippen molar-refractivity contribution in [3.05, 3.63) is 30.1 Å². The lowest BCUT2D eigenvalue weighted by atomic mass is 10.1. The Balaban J connectivity index is 1.63. The molecule has 2 rings (SSSR count). The predicted molar refractivity (Wildman–Crippen MR) is 59.6 cm³/mol. The van der Waals surface area contributed by atoms with Gasteiger partial charge in [0.25, 0.3) is 0 Å². The number of hydrogen-bond acceptors (Lipinski definition) is 3. The van der Waals surface area contributed by atoms with Gasteiger partial charge in [0.15, 0.2) is 0 Å². The number of aliphatic hydroxyl groups is 1. The lowest BCUT2D eigenvalue weighted by Crippen LogP contribution is -2.28. The van der Waals surface area contributed by atoms with E-state index < -0.39 is 0 Å². The lowest BCUT2D eigenvalue weighted by molar-refractivity contribution is 0.208. The summed E-state index contributed by atoms with van der Waals surface area (Å²) in [6, 6.07) is 4.08. The van der Waals surface area contributed by atoms with Crippen molar-refractivity contribution < 1.29 is 5.11 Å². The fourth-order valence-electron chi connectivity index (χ4n) is 1.70. The lowest BCUT2D eigenvalue weighted by Gasteiger charge is -2.12. The van der Waals surface area contributed by atoms with E-state index in [-0.39, 0.29) is 5.41 Å². The van der Waals surface area contributed by atoms with E-state index in [1.165, 1.54) is 18.4 Å². The summed E-state index contributed by atoms with van der Waals surface area (Å²) < 4.78 is 0. The molecular weight excluding hydrogens is 188 g/mol. The summed E-state index contributed by atoms with van der Waals surface area (Å²) in [5.74, 6) is 0. The van der Waals surface area contributed by atoms with Gasteiger partial charge in [-0.15, -0.1) is 0 Å². The molecule has 82 valence electrons. The van der Waals surface area contributed by atoms with Crippen molar-refractivity contribution in [1.29, 1.82) is 0 Å². The maximum atomic E-state index is 9.12. The maximum absolute atomic E-state index is 9.12. The third-order valence-electron chi connectivity index (χ3n) is 3.13. The third kappa shape index (κ3) is 3.01. The second-order valence-electron chi connectivity index (χ2n) is 4.44. The van der Waals surface area contributed by atoms with Crippen LogP contribution < -0.4 is 5.32 Å². The van der Waals surface area contributed by atoms with Crippen molar-refractivity contribution in [2.45, 2.75) is 19.3 Å². The van der Waals surface area contributed by atoms with Gasteiger partial charge in [0.1, 0.15) is 0 Å². The smallest absolute Gasteiger partial charge is 0.0499 e. The molecule has 1 aromatic heterocycles. The van der Waals surface area contributed by atoms with Gasteiger partial charge < -0.3 is 10.4 Å². The van der Waals surface area contributed by atoms with Crippen LogP contribution in [0.1, 0.15) is 18.4 Å². The van der Waals surface area contributed by atoms with Gasteiger partial charge in [-0.25, -0.2) is 0 Å². The monoisotopic (exact) mass is 206 g/mol. The molecule has 0 spiro atoms. The van der Waals surface area contributed by atoms with Crippen LogP contribution in [0.5, 0.6) is 0 Å². The van der Waals surface area contributed by atoms with Crippen LogP contribution in [0.4, 0.5) is 0 Å². The predicted octanol–water partition coefficient (Wildman–Crippen LogP) is 0.986. The minimum Gasteiger partial charge on any atom is -0.396 e. The molecule has 0 amide bonds. The molecule has 1 aliphatic carbocycles. The Bertz CT molecular complexity index is 296. The molecule has 3 nitrogen and oxygen atoms in total. The van der Waals surface area contributed by atoms with Gasteiger partial charge in [-0.1, -0.05) is 0 Å². The highest BCUT2D eigenvalue weighted by atomic mass is 16.3. The second kappa shape index (κ2) is 4.73. The Morgan fingerprint density at radius 3 is 2.67 bits per heavy atom. The molecule has 2 N–H and O–H groups in total. The summed E-state index contributed by atoms with van der Waals surface area (Å²) in [5, 5.41) is 12.5. The first-order valence-corrected chi connectivity index (χ1v) is 5.55. The molecule has 0 radical (unpaired) electrons. The van der Waals surface area contributed by atoms with Crippen LogP contribution in [0.15, 0.2) is 24.5 Å². The summed E-state index contributed by atoms with van der Waals surface area (Å²) in [6.45, 7) is 2.26. The number of rotatable bonds is 6. The van der Waals surface area contributed by atoms with Gasteiger partial charge in [-0.3, -0.25) is 4.98 Å². The third-order valence-corrected chi connectivity index (χ3v) is 3.13. The Labute approximate surface area is 90.5 Å². The largest absolute Gasteiger partial charge is 0.396 e. The summed E-state index contributed by atoms with van der Waals surface area (Å²) in [5.41, 5.74) is 1.53. The summed E-state index contributed by atoms with van der Waals surface area (Å²) in [7, 11) is 0. The summed E-state index contributed by atoms with van der Waals surface area (Å²) >= 11 is 0. The number of aliphatic hydroxyl groups excluding tert-OH is 1.